The summed E-state index contributed by atoms with van der Waals surface area (Å²) < 4.78 is 33.5. The normalized spacial score (nSPS) is 20.0. The SMILES string of the molecule is COCCCNC(=O)CN1CCN(C(=O)C2CCCN2S(=O)(=O)c2c(C)cc(C)cc2C)CC1. The van der Waals surface area contributed by atoms with Gasteiger partial charge in [-0.3, -0.25) is 14.5 Å². The number of carbonyl (C=O) groups is 2. The molecule has 2 aliphatic rings. The van der Waals surface area contributed by atoms with Crippen LogP contribution in [0.1, 0.15) is 36.0 Å². The first kappa shape index (κ1) is 26.6. The molecule has 9 nitrogen and oxygen atoms in total. The van der Waals surface area contributed by atoms with Crippen molar-refractivity contribution >= 4 is 21.8 Å². The predicted molar refractivity (Wildman–Crippen MR) is 130 cm³/mol. The smallest absolute Gasteiger partial charge is 0.244 e. The minimum atomic E-state index is -3.78. The fourth-order valence-electron chi connectivity index (χ4n) is 5.01. The van der Waals surface area contributed by atoms with E-state index in [1.807, 2.05) is 37.8 Å². The number of rotatable bonds is 9. The van der Waals surface area contributed by atoms with Crippen molar-refractivity contribution in [2.45, 2.75) is 51.0 Å². The maximum Gasteiger partial charge on any atom is 0.244 e. The molecule has 0 spiro atoms. The summed E-state index contributed by atoms with van der Waals surface area (Å²) in [6.07, 6.45) is 1.97. The van der Waals surface area contributed by atoms with Gasteiger partial charge in [-0.15, -0.1) is 0 Å². The number of amides is 2. The largest absolute Gasteiger partial charge is 0.385 e. The number of methoxy groups -OCH3 is 1. The molecule has 34 heavy (non-hydrogen) atoms. The molecule has 1 unspecified atom stereocenters. The van der Waals surface area contributed by atoms with E-state index in [9.17, 15) is 18.0 Å². The summed E-state index contributed by atoms with van der Waals surface area (Å²) in [5, 5.41) is 2.88. The zero-order valence-corrected chi connectivity index (χ0v) is 21.6. The van der Waals surface area contributed by atoms with Crippen molar-refractivity contribution in [3.63, 3.8) is 0 Å². The van der Waals surface area contributed by atoms with E-state index in [0.717, 1.165) is 12.0 Å². The maximum absolute atomic E-state index is 13.6. The van der Waals surface area contributed by atoms with Gasteiger partial charge < -0.3 is 15.0 Å². The minimum absolute atomic E-state index is 0.0345. The van der Waals surface area contributed by atoms with Crippen LogP contribution < -0.4 is 5.32 Å². The Balaban J connectivity index is 1.60. The summed E-state index contributed by atoms with van der Waals surface area (Å²) >= 11 is 0. The third-order valence-electron chi connectivity index (χ3n) is 6.56. The number of nitrogens with one attached hydrogen (secondary N) is 1. The third kappa shape index (κ3) is 6.16. The fourth-order valence-corrected chi connectivity index (χ4v) is 7.07. The second kappa shape index (κ2) is 11.6. The van der Waals surface area contributed by atoms with Crippen LogP contribution in [0.25, 0.3) is 0 Å². The Bertz CT molecular complexity index is 966. The molecule has 0 radical (unpaired) electrons. The van der Waals surface area contributed by atoms with E-state index in [1.165, 1.54) is 4.31 Å². The van der Waals surface area contributed by atoms with Gasteiger partial charge in [0.1, 0.15) is 6.04 Å². The highest BCUT2D eigenvalue weighted by molar-refractivity contribution is 7.89. The van der Waals surface area contributed by atoms with E-state index in [-0.39, 0.29) is 11.8 Å². The number of hydrogen-bond acceptors (Lipinski definition) is 6. The lowest BCUT2D eigenvalue weighted by atomic mass is 10.1. The summed E-state index contributed by atoms with van der Waals surface area (Å²) in [6, 6.07) is 3.08. The predicted octanol–water partition coefficient (Wildman–Crippen LogP) is 1.06. The van der Waals surface area contributed by atoms with E-state index in [4.69, 9.17) is 4.74 Å². The first-order valence-electron chi connectivity index (χ1n) is 12.0. The molecule has 2 fully saturated rings. The molecule has 1 aromatic rings. The van der Waals surface area contributed by atoms with Crippen LogP contribution in [-0.4, -0.2) is 99.9 Å². The zero-order valence-electron chi connectivity index (χ0n) is 20.8. The summed E-state index contributed by atoms with van der Waals surface area (Å²) in [5.41, 5.74) is 2.44. The molecule has 2 aliphatic heterocycles. The van der Waals surface area contributed by atoms with Crippen molar-refractivity contribution in [3.05, 3.63) is 28.8 Å². The lowest BCUT2D eigenvalue weighted by Crippen LogP contribution is -2.55. The van der Waals surface area contributed by atoms with Crippen molar-refractivity contribution in [2.75, 3.05) is 59.5 Å². The molecule has 2 saturated heterocycles. The zero-order chi connectivity index (χ0) is 24.9. The quantitative estimate of drug-likeness (QED) is 0.516. The molecule has 2 amide bonds. The summed E-state index contributed by atoms with van der Waals surface area (Å²) in [5.74, 6) is -0.167. The van der Waals surface area contributed by atoms with Crippen LogP contribution in [0.3, 0.4) is 0 Å². The molecule has 0 saturated carbocycles. The Morgan fingerprint density at radius 3 is 2.32 bits per heavy atom. The average molecular weight is 495 g/mol. The van der Waals surface area contributed by atoms with E-state index in [2.05, 4.69) is 5.32 Å². The van der Waals surface area contributed by atoms with Crippen molar-refractivity contribution < 1.29 is 22.7 Å². The molecule has 10 heteroatoms. The average Bonchev–Trinajstić information content (AvgIpc) is 3.27. The molecule has 3 rings (SSSR count). The van der Waals surface area contributed by atoms with Crippen molar-refractivity contribution in [1.29, 1.82) is 0 Å². The van der Waals surface area contributed by atoms with Gasteiger partial charge in [-0.2, -0.15) is 4.31 Å². The number of aryl methyl sites for hydroxylation is 3. The van der Waals surface area contributed by atoms with Gasteiger partial charge in [0.05, 0.1) is 11.4 Å². The first-order valence-corrected chi connectivity index (χ1v) is 13.5. The molecule has 0 bridgehead atoms. The van der Waals surface area contributed by atoms with Gasteiger partial charge in [0.2, 0.25) is 21.8 Å². The summed E-state index contributed by atoms with van der Waals surface area (Å²) in [7, 11) is -2.14. The van der Waals surface area contributed by atoms with Crippen LogP contribution in [0, 0.1) is 20.8 Å². The topological polar surface area (TPSA) is 99.3 Å². The molecule has 0 aromatic heterocycles. The number of piperazine rings is 1. The van der Waals surface area contributed by atoms with Gasteiger partial charge in [-0.25, -0.2) is 8.42 Å². The van der Waals surface area contributed by atoms with Crippen LogP contribution in [0.5, 0.6) is 0 Å². The molecular formula is C24H38N4O5S. The number of nitrogens with zero attached hydrogens (tertiary/aromatic N) is 3. The van der Waals surface area contributed by atoms with E-state index in [0.29, 0.717) is 81.3 Å². The Kier molecular flexibility index (Phi) is 9.08. The lowest BCUT2D eigenvalue weighted by molar-refractivity contribution is -0.136. The maximum atomic E-state index is 13.6. The van der Waals surface area contributed by atoms with E-state index >= 15 is 0 Å². The van der Waals surface area contributed by atoms with Crippen molar-refractivity contribution in [1.82, 2.24) is 19.4 Å². The monoisotopic (exact) mass is 494 g/mol. The van der Waals surface area contributed by atoms with Crippen LogP contribution in [0.4, 0.5) is 0 Å². The molecule has 1 N–H and O–H groups in total. The van der Waals surface area contributed by atoms with Crippen LogP contribution in [0.2, 0.25) is 0 Å². The van der Waals surface area contributed by atoms with E-state index in [1.54, 1.807) is 12.0 Å². The van der Waals surface area contributed by atoms with Gasteiger partial charge >= 0.3 is 0 Å². The number of benzene rings is 1. The van der Waals surface area contributed by atoms with Gasteiger partial charge in [-0.05, 0) is 51.2 Å². The molecule has 0 aliphatic carbocycles. The lowest BCUT2D eigenvalue weighted by Gasteiger charge is -2.37. The Labute approximate surface area is 203 Å². The third-order valence-corrected chi connectivity index (χ3v) is 8.77. The second-order valence-electron chi connectivity index (χ2n) is 9.30. The highest BCUT2D eigenvalue weighted by Gasteiger charge is 2.42. The first-order chi connectivity index (χ1) is 16.1. The Hall–Kier alpha value is -2.01. The summed E-state index contributed by atoms with van der Waals surface area (Å²) in [6.45, 7) is 9.57. The van der Waals surface area contributed by atoms with E-state index < -0.39 is 16.1 Å². The number of hydrogen-bond donors (Lipinski definition) is 1. The standard InChI is InChI=1S/C24H38N4O5S/c1-18-15-19(2)23(20(3)16-18)34(31,32)28-9-5-7-21(28)24(30)27-12-10-26(11-13-27)17-22(29)25-8-6-14-33-4/h15-16,21H,5-14,17H2,1-4H3,(H,25,29). The van der Waals surface area contributed by atoms with Crippen LogP contribution in [0.15, 0.2) is 17.0 Å². The van der Waals surface area contributed by atoms with Gasteiger partial charge in [0.15, 0.2) is 0 Å². The molecule has 1 atom stereocenters. The van der Waals surface area contributed by atoms with Gasteiger partial charge in [0, 0.05) is 53.0 Å². The Morgan fingerprint density at radius 1 is 1.06 bits per heavy atom. The molecule has 1 aromatic carbocycles. The van der Waals surface area contributed by atoms with Crippen molar-refractivity contribution in [2.24, 2.45) is 0 Å². The number of carbonyl (C=O) groups excluding carboxylic acids is 2. The van der Waals surface area contributed by atoms with Gasteiger partial charge in [-0.1, -0.05) is 17.7 Å². The molecule has 2 heterocycles. The van der Waals surface area contributed by atoms with Crippen molar-refractivity contribution in [3.8, 4) is 0 Å². The number of sulfonamides is 1. The minimum Gasteiger partial charge on any atom is -0.385 e. The Morgan fingerprint density at radius 2 is 1.71 bits per heavy atom. The fraction of sp³-hybridized carbons (Fsp3) is 0.667. The summed E-state index contributed by atoms with van der Waals surface area (Å²) in [4.78, 5) is 29.6. The van der Waals surface area contributed by atoms with Gasteiger partial charge in [0.25, 0.3) is 0 Å². The highest BCUT2D eigenvalue weighted by atomic mass is 32.2. The van der Waals surface area contributed by atoms with Crippen LogP contribution in [-0.2, 0) is 24.3 Å². The van der Waals surface area contributed by atoms with Crippen LogP contribution >= 0.6 is 0 Å². The number of ether oxygens (including phenoxy) is 1. The highest BCUT2D eigenvalue weighted by Crippen LogP contribution is 2.31. The second-order valence-corrected chi connectivity index (χ2v) is 11.1. The molecular weight excluding hydrogens is 456 g/mol. The molecule has 190 valence electrons.